The van der Waals surface area contributed by atoms with Crippen LogP contribution in [0.15, 0.2) is 42.5 Å². The van der Waals surface area contributed by atoms with Gasteiger partial charge >= 0.3 is 0 Å². The number of rotatable bonds is 3. The molecule has 156 valence electrons. The molecule has 0 unspecified atom stereocenters. The second-order valence-corrected chi connectivity index (χ2v) is 8.33. The van der Waals surface area contributed by atoms with Crippen LogP contribution in [-0.4, -0.2) is 43.0 Å². The number of carbonyl (C=O) groups is 2. The maximum absolute atomic E-state index is 13.4. The molecule has 0 bridgehead atoms. The topological polar surface area (TPSA) is 59.1 Å². The number of benzene rings is 2. The van der Waals surface area contributed by atoms with Gasteiger partial charge in [-0.1, -0.05) is 23.8 Å². The largest absolute Gasteiger partial charge is 0.486 e. The molecule has 2 aromatic rings. The minimum absolute atomic E-state index is 0.0206. The molecule has 0 radical (unpaired) electrons. The number of hydrogen-bond acceptors (Lipinski definition) is 4. The summed E-state index contributed by atoms with van der Waals surface area (Å²) in [5.41, 5.74) is 3.09. The number of fused-ring (bicyclic) bond motifs is 1. The van der Waals surface area contributed by atoms with Crippen molar-refractivity contribution >= 4 is 17.5 Å². The Morgan fingerprint density at radius 1 is 1.03 bits per heavy atom. The Labute approximate surface area is 176 Å². The normalized spacial score (nSPS) is 23.2. The Balaban J connectivity index is 1.33. The van der Waals surface area contributed by atoms with Crippen molar-refractivity contribution in [2.24, 2.45) is 5.92 Å². The number of anilines is 1. The van der Waals surface area contributed by atoms with Crippen molar-refractivity contribution in [1.29, 1.82) is 0 Å². The van der Waals surface area contributed by atoms with Gasteiger partial charge in [0.25, 0.3) is 0 Å². The zero-order valence-corrected chi connectivity index (χ0v) is 17.2. The zero-order chi connectivity index (χ0) is 20.7. The van der Waals surface area contributed by atoms with E-state index in [0.717, 1.165) is 47.7 Å². The minimum atomic E-state index is -0.295. The van der Waals surface area contributed by atoms with Gasteiger partial charge in [0.05, 0.1) is 12.0 Å². The van der Waals surface area contributed by atoms with Gasteiger partial charge in [-0.2, -0.15) is 0 Å². The highest BCUT2D eigenvalue weighted by molar-refractivity contribution is 6.00. The van der Waals surface area contributed by atoms with Gasteiger partial charge in [0.2, 0.25) is 11.8 Å². The molecule has 2 amide bonds. The summed E-state index contributed by atoms with van der Waals surface area (Å²) in [6.45, 7) is 4.31. The molecule has 0 saturated carbocycles. The lowest BCUT2D eigenvalue weighted by molar-refractivity contribution is -0.136. The predicted molar refractivity (Wildman–Crippen MR) is 113 cm³/mol. The van der Waals surface area contributed by atoms with Crippen LogP contribution in [0.4, 0.5) is 5.69 Å². The van der Waals surface area contributed by atoms with Crippen LogP contribution in [-0.2, 0) is 9.59 Å². The molecule has 2 fully saturated rings. The van der Waals surface area contributed by atoms with E-state index in [2.05, 4.69) is 0 Å². The Bertz CT molecular complexity index is 972. The summed E-state index contributed by atoms with van der Waals surface area (Å²) in [7, 11) is 0. The van der Waals surface area contributed by atoms with Gasteiger partial charge in [0.1, 0.15) is 13.2 Å². The molecule has 2 saturated heterocycles. The highest BCUT2D eigenvalue weighted by Gasteiger charge is 2.40. The fourth-order valence-corrected chi connectivity index (χ4v) is 4.73. The number of nitrogens with zero attached hydrogens (tertiary/aromatic N) is 2. The molecule has 3 aliphatic rings. The van der Waals surface area contributed by atoms with Gasteiger partial charge in [0.15, 0.2) is 11.5 Å². The molecule has 6 heteroatoms. The fourth-order valence-electron chi connectivity index (χ4n) is 4.73. The Kier molecular flexibility index (Phi) is 4.85. The smallest absolute Gasteiger partial charge is 0.228 e. The van der Waals surface area contributed by atoms with Crippen molar-refractivity contribution in [3.05, 3.63) is 53.6 Å². The van der Waals surface area contributed by atoms with Gasteiger partial charge < -0.3 is 19.3 Å². The molecule has 6 nitrogen and oxygen atoms in total. The van der Waals surface area contributed by atoms with E-state index in [-0.39, 0.29) is 30.2 Å². The average molecular weight is 406 g/mol. The molecule has 0 spiro atoms. The van der Waals surface area contributed by atoms with Gasteiger partial charge in [-0.15, -0.1) is 0 Å². The second-order valence-electron chi connectivity index (χ2n) is 8.33. The monoisotopic (exact) mass is 406 g/mol. The van der Waals surface area contributed by atoms with E-state index >= 15 is 0 Å². The van der Waals surface area contributed by atoms with Gasteiger partial charge in [0, 0.05) is 25.2 Å². The molecule has 2 aromatic carbocycles. The molecule has 0 N–H and O–H groups in total. The van der Waals surface area contributed by atoms with Crippen LogP contribution in [0.25, 0.3) is 0 Å². The first kappa shape index (κ1) is 19.0. The third-order valence-electron chi connectivity index (χ3n) is 6.31. The molecule has 0 aliphatic carbocycles. The van der Waals surface area contributed by atoms with Crippen LogP contribution in [0.3, 0.4) is 0 Å². The van der Waals surface area contributed by atoms with Crippen LogP contribution in [0, 0.1) is 12.8 Å². The average Bonchev–Trinajstić information content (AvgIpc) is 3.41. The quantitative estimate of drug-likeness (QED) is 0.783. The number of aryl methyl sites for hydroxylation is 1. The van der Waals surface area contributed by atoms with Crippen LogP contribution in [0.1, 0.15) is 36.4 Å². The van der Waals surface area contributed by atoms with E-state index in [1.165, 1.54) is 0 Å². The highest BCUT2D eigenvalue weighted by Crippen LogP contribution is 2.39. The van der Waals surface area contributed by atoms with E-state index in [9.17, 15) is 9.59 Å². The lowest BCUT2D eigenvalue weighted by Crippen LogP contribution is -2.37. The van der Waals surface area contributed by atoms with Gasteiger partial charge in [-0.25, -0.2) is 0 Å². The maximum atomic E-state index is 13.4. The van der Waals surface area contributed by atoms with E-state index in [4.69, 9.17) is 9.47 Å². The van der Waals surface area contributed by atoms with E-state index in [1.807, 2.05) is 54.3 Å². The number of carbonyl (C=O) groups excluding carboxylic acids is 2. The van der Waals surface area contributed by atoms with Crippen molar-refractivity contribution in [3.63, 3.8) is 0 Å². The summed E-state index contributed by atoms with van der Waals surface area (Å²) >= 11 is 0. The predicted octanol–water partition coefficient (Wildman–Crippen LogP) is 3.48. The molecular weight excluding hydrogens is 380 g/mol. The minimum Gasteiger partial charge on any atom is -0.486 e. The number of hydrogen-bond donors (Lipinski definition) is 0. The molecule has 3 heterocycles. The summed E-state index contributed by atoms with van der Waals surface area (Å²) < 4.78 is 11.3. The molecule has 2 atom stereocenters. The van der Waals surface area contributed by atoms with E-state index < -0.39 is 0 Å². The number of likely N-dealkylation sites (tertiary alicyclic amines) is 1. The highest BCUT2D eigenvalue weighted by atomic mass is 16.6. The van der Waals surface area contributed by atoms with Crippen molar-refractivity contribution < 1.29 is 19.1 Å². The molecular formula is C24H26N2O4. The Morgan fingerprint density at radius 3 is 2.60 bits per heavy atom. The summed E-state index contributed by atoms with van der Waals surface area (Å²) in [4.78, 5) is 29.7. The summed E-state index contributed by atoms with van der Waals surface area (Å²) in [6, 6.07) is 13.9. The maximum Gasteiger partial charge on any atom is 0.228 e. The van der Waals surface area contributed by atoms with Crippen LogP contribution in [0.5, 0.6) is 11.5 Å². The molecule has 3 aliphatic heterocycles. The lowest BCUT2D eigenvalue weighted by atomic mass is 10.0. The zero-order valence-electron chi connectivity index (χ0n) is 17.2. The van der Waals surface area contributed by atoms with Gasteiger partial charge in [-0.05, 0) is 49.6 Å². The van der Waals surface area contributed by atoms with Crippen LogP contribution in [0.2, 0.25) is 0 Å². The first-order valence-corrected chi connectivity index (χ1v) is 10.7. The number of amides is 2. The van der Waals surface area contributed by atoms with Crippen molar-refractivity contribution in [2.45, 2.75) is 32.2 Å². The van der Waals surface area contributed by atoms with Crippen molar-refractivity contribution in [2.75, 3.05) is 31.2 Å². The Hall–Kier alpha value is -3.02. The SMILES string of the molecule is Cc1ccc(N2C[C@H](C(=O)N3CCC[C@@H]3c3ccc4c(c3)OCCO4)CC2=O)cc1. The lowest BCUT2D eigenvalue weighted by Gasteiger charge is -2.28. The molecule has 30 heavy (non-hydrogen) atoms. The summed E-state index contributed by atoms with van der Waals surface area (Å²) in [6.07, 6.45) is 2.16. The van der Waals surface area contributed by atoms with Crippen molar-refractivity contribution in [1.82, 2.24) is 4.90 Å². The third-order valence-corrected chi connectivity index (χ3v) is 6.31. The standard InChI is InChI=1S/C24H26N2O4/c1-16-4-7-19(8-5-16)26-15-18(14-23(26)27)24(28)25-10-2-3-20(25)17-6-9-21-22(13-17)30-12-11-29-21/h4-9,13,18,20H,2-3,10-12,14-15H2,1H3/t18-,20-/m1/s1. The van der Waals surface area contributed by atoms with Crippen LogP contribution >= 0.6 is 0 Å². The van der Waals surface area contributed by atoms with Crippen LogP contribution < -0.4 is 14.4 Å². The van der Waals surface area contributed by atoms with E-state index in [1.54, 1.807) is 4.90 Å². The Morgan fingerprint density at radius 2 is 1.80 bits per heavy atom. The third kappa shape index (κ3) is 3.40. The summed E-state index contributed by atoms with van der Waals surface area (Å²) in [5, 5.41) is 0. The number of ether oxygens (including phenoxy) is 2. The van der Waals surface area contributed by atoms with Crippen molar-refractivity contribution in [3.8, 4) is 11.5 Å². The molecule has 5 rings (SSSR count). The fraction of sp³-hybridized carbons (Fsp3) is 0.417. The molecule has 0 aromatic heterocycles. The second kappa shape index (κ2) is 7.67. The summed E-state index contributed by atoms with van der Waals surface area (Å²) in [5.74, 6) is 1.31. The van der Waals surface area contributed by atoms with Gasteiger partial charge in [-0.3, -0.25) is 9.59 Å². The first-order valence-electron chi connectivity index (χ1n) is 10.7. The van der Waals surface area contributed by atoms with E-state index in [0.29, 0.717) is 19.8 Å². The first-order chi connectivity index (χ1) is 14.6.